The first-order chi connectivity index (χ1) is 6.74. The lowest BCUT2D eigenvalue weighted by atomic mass is 10.2. The van der Waals surface area contributed by atoms with Crippen molar-refractivity contribution in [3.05, 3.63) is 0 Å². The number of rotatable bonds is 6. The molecule has 2 nitrogen and oxygen atoms in total. The van der Waals surface area contributed by atoms with Gasteiger partial charge in [0.2, 0.25) is 0 Å². The second-order valence-corrected chi connectivity index (χ2v) is 4.70. The van der Waals surface area contributed by atoms with E-state index in [1.807, 2.05) is 0 Å². The van der Waals surface area contributed by atoms with Crippen LogP contribution in [0.15, 0.2) is 0 Å². The van der Waals surface area contributed by atoms with Crippen LogP contribution in [0.25, 0.3) is 0 Å². The van der Waals surface area contributed by atoms with Crippen molar-refractivity contribution in [1.82, 2.24) is 10.2 Å². The number of nitrogens with one attached hydrogen (secondary N) is 1. The van der Waals surface area contributed by atoms with Gasteiger partial charge < -0.3 is 10.2 Å². The van der Waals surface area contributed by atoms with E-state index in [9.17, 15) is 0 Å². The van der Waals surface area contributed by atoms with Crippen molar-refractivity contribution in [3.63, 3.8) is 0 Å². The molecule has 0 spiro atoms. The summed E-state index contributed by atoms with van der Waals surface area (Å²) in [5, 5.41) is 3.48. The van der Waals surface area contributed by atoms with Crippen LogP contribution in [0.1, 0.15) is 46.5 Å². The fraction of sp³-hybridized carbons (Fsp3) is 1.00. The molecule has 1 heterocycles. The zero-order chi connectivity index (χ0) is 10.4. The highest BCUT2D eigenvalue weighted by atomic mass is 15.2. The summed E-state index contributed by atoms with van der Waals surface area (Å²) in [6.45, 7) is 10.5. The first kappa shape index (κ1) is 12.0. The lowest BCUT2D eigenvalue weighted by Gasteiger charge is -2.23. The molecule has 0 amide bonds. The molecule has 2 heteroatoms. The van der Waals surface area contributed by atoms with Gasteiger partial charge in [0.15, 0.2) is 0 Å². The Morgan fingerprint density at radius 1 is 1.43 bits per heavy atom. The largest absolute Gasteiger partial charge is 0.314 e. The Labute approximate surface area is 89.1 Å². The van der Waals surface area contributed by atoms with E-state index in [4.69, 9.17) is 0 Å². The molecule has 0 bridgehead atoms. The van der Waals surface area contributed by atoms with Gasteiger partial charge in [-0.05, 0) is 45.3 Å². The van der Waals surface area contributed by atoms with Crippen molar-refractivity contribution in [3.8, 4) is 0 Å². The Hall–Kier alpha value is -0.0800. The van der Waals surface area contributed by atoms with Crippen LogP contribution in [0.4, 0.5) is 0 Å². The maximum Gasteiger partial charge on any atom is 0.00931 e. The van der Waals surface area contributed by atoms with Gasteiger partial charge >= 0.3 is 0 Å². The van der Waals surface area contributed by atoms with E-state index < -0.39 is 0 Å². The monoisotopic (exact) mass is 198 g/mol. The zero-order valence-electron chi connectivity index (χ0n) is 10.1. The average Bonchev–Trinajstić information content (AvgIpc) is 2.59. The second-order valence-electron chi connectivity index (χ2n) is 4.70. The summed E-state index contributed by atoms with van der Waals surface area (Å²) in [6, 6.07) is 1.52. The Kier molecular flexibility index (Phi) is 5.49. The molecule has 0 saturated carbocycles. The average molecular weight is 198 g/mol. The molecule has 1 atom stereocenters. The minimum atomic E-state index is 0.635. The normalized spacial score (nSPS) is 23.6. The smallest absolute Gasteiger partial charge is 0.00931 e. The van der Waals surface area contributed by atoms with E-state index in [0.717, 1.165) is 6.04 Å². The minimum Gasteiger partial charge on any atom is -0.314 e. The molecule has 1 unspecified atom stereocenters. The molecule has 14 heavy (non-hydrogen) atoms. The van der Waals surface area contributed by atoms with Crippen LogP contribution in [-0.2, 0) is 0 Å². The Balaban J connectivity index is 2.05. The summed E-state index contributed by atoms with van der Waals surface area (Å²) in [6.07, 6.45) is 5.47. The van der Waals surface area contributed by atoms with Gasteiger partial charge in [-0.25, -0.2) is 0 Å². The van der Waals surface area contributed by atoms with Crippen LogP contribution >= 0.6 is 0 Å². The van der Waals surface area contributed by atoms with Crippen molar-refractivity contribution in [2.24, 2.45) is 0 Å². The van der Waals surface area contributed by atoms with E-state index >= 15 is 0 Å². The minimum absolute atomic E-state index is 0.635. The van der Waals surface area contributed by atoms with Crippen LogP contribution in [0.3, 0.4) is 0 Å². The summed E-state index contributed by atoms with van der Waals surface area (Å²) in [7, 11) is 0. The zero-order valence-corrected chi connectivity index (χ0v) is 10.1. The lowest BCUT2D eigenvalue weighted by molar-refractivity contribution is 0.244. The van der Waals surface area contributed by atoms with Crippen LogP contribution < -0.4 is 5.32 Å². The van der Waals surface area contributed by atoms with Gasteiger partial charge in [0.1, 0.15) is 0 Å². The van der Waals surface area contributed by atoms with Crippen LogP contribution in [0, 0.1) is 0 Å². The standard InChI is InChI=1S/C12H26N2/c1-4-12-7-5-9-14(12)10-6-8-13-11(2)3/h11-13H,4-10H2,1-3H3. The molecule has 84 valence electrons. The molecular weight excluding hydrogens is 172 g/mol. The first-order valence-corrected chi connectivity index (χ1v) is 6.21. The summed E-state index contributed by atoms with van der Waals surface area (Å²) >= 11 is 0. The number of nitrogens with zero attached hydrogens (tertiary/aromatic N) is 1. The highest BCUT2D eigenvalue weighted by molar-refractivity contribution is 4.77. The topological polar surface area (TPSA) is 15.3 Å². The van der Waals surface area contributed by atoms with Crippen molar-refractivity contribution >= 4 is 0 Å². The van der Waals surface area contributed by atoms with E-state index in [0.29, 0.717) is 6.04 Å². The Morgan fingerprint density at radius 3 is 2.86 bits per heavy atom. The fourth-order valence-electron chi connectivity index (χ4n) is 2.32. The third-order valence-corrected chi connectivity index (χ3v) is 3.15. The van der Waals surface area contributed by atoms with Crippen LogP contribution in [-0.4, -0.2) is 36.6 Å². The summed E-state index contributed by atoms with van der Waals surface area (Å²) in [4.78, 5) is 2.67. The number of hydrogen-bond acceptors (Lipinski definition) is 2. The number of hydrogen-bond donors (Lipinski definition) is 1. The molecule has 1 saturated heterocycles. The molecule has 1 fully saturated rings. The maximum atomic E-state index is 3.48. The van der Waals surface area contributed by atoms with E-state index in [2.05, 4.69) is 31.0 Å². The molecule has 1 aliphatic rings. The predicted octanol–water partition coefficient (Wildman–Crippen LogP) is 2.25. The van der Waals surface area contributed by atoms with Crippen molar-refractivity contribution in [2.75, 3.05) is 19.6 Å². The van der Waals surface area contributed by atoms with Crippen LogP contribution in [0.5, 0.6) is 0 Å². The van der Waals surface area contributed by atoms with E-state index in [1.54, 1.807) is 0 Å². The Bertz CT molecular complexity index is 145. The SMILES string of the molecule is CCC1CCCN1CCCNC(C)C. The highest BCUT2D eigenvalue weighted by Gasteiger charge is 2.21. The van der Waals surface area contributed by atoms with Crippen molar-refractivity contribution in [1.29, 1.82) is 0 Å². The third kappa shape index (κ3) is 3.97. The molecule has 1 rings (SSSR count). The molecule has 0 radical (unpaired) electrons. The lowest BCUT2D eigenvalue weighted by Crippen LogP contribution is -2.32. The molecule has 1 N–H and O–H groups in total. The molecular formula is C12H26N2. The maximum absolute atomic E-state index is 3.48. The van der Waals surface area contributed by atoms with Gasteiger partial charge in [-0.2, -0.15) is 0 Å². The molecule has 0 aromatic carbocycles. The fourth-order valence-corrected chi connectivity index (χ4v) is 2.32. The van der Waals surface area contributed by atoms with Gasteiger partial charge in [-0.3, -0.25) is 0 Å². The second kappa shape index (κ2) is 6.41. The van der Waals surface area contributed by atoms with Gasteiger partial charge in [0, 0.05) is 12.1 Å². The van der Waals surface area contributed by atoms with Crippen LogP contribution in [0.2, 0.25) is 0 Å². The van der Waals surface area contributed by atoms with E-state index in [1.165, 1.54) is 45.3 Å². The van der Waals surface area contributed by atoms with Gasteiger partial charge in [-0.1, -0.05) is 20.8 Å². The summed E-state index contributed by atoms with van der Waals surface area (Å²) < 4.78 is 0. The summed E-state index contributed by atoms with van der Waals surface area (Å²) in [5.41, 5.74) is 0. The van der Waals surface area contributed by atoms with E-state index in [-0.39, 0.29) is 0 Å². The highest BCUT2D eigenvalue weighted by Crippen LogP contribution is 2.19. The number of likely N-dealkylation sites (tertiary alicyclic amines) is 1. The van der Waals surface area contributed by atoms with Gasteiger partial charge in [0.25, 0.3) is 0 Å². The van der Waals surface area contributed by atoms with Gasteiger partial charge in [0.05, 0.1) is 0 Å². The Morgan fingerprint density at radius 2 is 2.21 bits per heavy atom. The predicted molar refractivity (Wildman–Crippen MR) is 62.6 cm³/mol. The molecule has 0 aromatic rings. The third-order valence-electron chi connectivity index (χ3n) is 3.15. The van der Waals surface area contributed by atoms with Crippen molar-refractivity contribution < 1.29 is 0 Å². The quantitative estimate of drug-likeness (QED) is 0.659. The molecule has 0 aromatic heterocycles. The molecule has 0 aliphatic carbocycles. The first-order valence-electron chi connectivity index (χ1n) is 6.21. The summed E-state index contributed by atoms with van der Waals surface area (Å²) in [5.74, 6) is 0. The van der Waals surface area contributed by atoms with Crippen molar-refractivity contribution in [2.45, 2.75) is 58.5 Å². The van der Waals surface area contributed by atoms with Gasteiger partial charge in [-0.15, -0.1) is 0 Å². The molecule has 1 aliphatic heterocycles.